The van der Waals surface area contributed by atoms with E-state index in [2.05, 4.69) is 15.1 Å². The van der Waals surface area contributed by atoms with Crippen LogP contribution in [0, 0.1) is 6.92 Å². The van der Waals surface area contributed by atoms with Crippen LogP contribution in [0.1, 0.15) is 33.0 Å². The van der Waals surface area contributed by atoms with Gasteiger partial charge in [0, 0.05) is 31.9 Å². The average molecular weight is 373 g/mol. The second-order valence-corrected chi connectivity index (χ2v) is 7.74. The van der Waals surface area contributed by atoms with Gasteiger partial charge in [0.2, 0.25) is 0 Å². The van der Waals surface area contributed by atoms with Crippen molar-refractivity contribution in [2.45, 2.75) is 39.7 Å². The van der Waals surface area contributed by atoms with Gasteiger partial charge in [-0.3, -0.25) is 0 Å². The van der Waals surface area contributed by atoms with Crippen LogP contribution < -0.4 is 10.6 Å². The van der Waals surface area contributed by atoms with E-state index in [0.29, 0.717) is 18.9 Å². The summed E-state index contributed by atoms with van der Waals surface area (Å²) in [5.41, 5.74) is 1.12. The van der Waals surface area contributed by atoms with Gasteiger partial charge >= 0.3 is 11.8 Å². The van der Waals surface area contributed by atoms with Crippen molar-refractivity contribution in [1.29, 1.82) is 0 Å². The van der Waals surface area contributed by atoms with E-state index in [9.17, 15) is 9.59 Å². The molecule has 2 aromatic rings. The van der Waals surface area contributed by atoms with Crippen LogP contribution in [0.25, 0.3) is 5.69 Å². The van der Waals surface area contributed by atoms with Gasteiger partial charge in [-0.1, -0.05) is 0 Å². The Morgan fingerprint density at radius 2 is 1.74 bits per heavy atom. The van der Waals surface area contributed by atoms with E-state index < -0.39 is 5.60 Å². The minimum atomic E-state index is -0.484. The van der Waals surface area contributed by atoms with Crippen LogP contribution in [-0.4, -0.2) is 57.5 Å². The maximum Gasteiger partial charge on any atom is 0.410 e. The second kappa shape index (κ2) is 7.46. The van der Waals surface area contributed by atoms with E-state index in [-0.39, 0.29) is 11.8 Å². The molecule has 1 amide bonds. The highest BCUT2D eigenvalue weighted by atomic mass is 16.6. The molecule has 0 atom stereocenters. The van der Waals surface area contributed by atoms with Crippen molar-refractivity contribution < 1.29 is 9.53 Å². The third kappa shape index (κ3) is 4.50. The number of nitrogens with zero attached hydrogens (tertiary/aromatic N) is 4. The van der Waals surface area contributed by atoms with E-state index in [1.54, 1.807) is 11.8 Å². The minimum absolute atomic E-state index is 0.247. The predicted molar refractivity (Wildman–Crippen MR) is 104 cm³/mol. The molecule has 1 N–H and O–H groups in total. The van der Waals surface area contributed by atoms with Gasteiger partial charge in [0.1, 0.15) is 11.4 Å². The van der Waals surface area contributed by atoms with E-state index in [0.717, 1.165) is 30.9 Å². The van der Waals surface area contributed by atoms with Gasteiger partial charge in [-0.2, -0.15) is 5.10 Å². The number of anilines is 1. The Balaban J connectivity index is 1.67. The summed E-state index contributed by atoms with van der Waals surface area (Å²) in [6.07, 6.45) is 0.621. The summed E-state index contributed by atoms with van der Waals surface area (Å²) in [4.78, 5) is 28.2. The molecular weight excluding hydrogens is 346 g/mol. The number of nitrogens with one attached hydrogen (secondary N) is 1. The van der Waals surface area contributed by atoms with Crippen molar-refractivity contribution in [3.63, 3.8) is 0 Å². The Labute approximate surface area is 158 Å². The Kier molecular flexibility index (Phi) is 5.25. The molecule has 8 heteroatoms. The number of aryl methyl sites for hydroxylation is 1. The number of H-pyrrole nitrogens is 1. The Hall–Kier alpha value is -2.77. The maximum absolute atomic E-state index is 12.3. The fourth-order valence-electron chi connectivity index (χ4n) is 3.18. The molecule has 1 fully saturated rings. The molecule has 146 valence electrons. The Morgan fingerprint density at radius 3 is 2.33 bits per heavy atom. The average Bonchev–Trinajstić information content (AvgIpc) is 2.81. The van der Waals surface area contributed by atoms with E-state index in [4.69, 9.17) is 4.74 Å². The molecule has 27 heavy (non-hydrogen) atoms. The fraction of sp³-hybridized carbons (Fsp3) is 0.526. The third-order valence-electron chi connectivity index (χ3n) is 4.46. The zero-order chi connectivity index (χ0) is 19.6. The van der Waals surface area contributed by atoms with Crippen LogP contribution in [0.2, 0.25) is 0 Å². The molecule has 3 rings (SSSR count). The van der Waals surface area contributed by atoms with E-state index in [1.165, 1.54) is 4.57 Å². The summed E-state index contributed by atoms with van der Waals surface area (Å²) in [7, 11) is 0. The molecule has 1 saturated heterocycles. The first-order valence-electron chi connectivity index (χ1n) is 9.22. The molecule has 0 spiro atoms. The topological polar surface area (TPSA) is 83.5 Å². The molecule has 2 heterocycles. The number of hydrogen-bond acceptors (Lipinski definition) is 5. The zero-order valence-electron chi connectivity index (χ0n) is 16.4. The van der Waals surface area contributed by atoms with Gasteiger partial charge in [0.05, 0.1) is 5.69 Å². The number of carbonyl (C=O) groups is 1. The van der Waals surface area contributed by atoms with Crippen LogP contribution in [0.4, 0.5) is 10.5 Å². The van der Waals surface area contributed by atoms with Gasteiger partial charge in [-0.05, 0) is 58.4 Å². The summed E-state index contributed by atoms with van der Waals surface area (Å²) in [6, 6.07) is 7.82. The molecular formula is C19H27N5O3. The van der Waals surface area contributed by atoms with Crippen LogP contribution >= 0.6 is 0 Å². The van der Waals surface area contributed by atoms with Crippen LogP contribution in [-0.2, 0) is 4.74 Å². The molecule has 0 aliphatic carbocycles. The van der Waals surface area contributed by atoms with Crippen LogP contribution in [0.15, 0.2) is 29.1 Å². The summed E-state index contributed by atoms with van der Waals surface area (Å²) < 4.78 is 7.02. The lowest BCUT2D eigenvalue weighted by Gasteiger charge is -2.27. The molecule has 8 nitrogen and oxygen atoms in total. The molecule has 0 bridgehead atoms. The monoisotopic (exact) mass is 373 g/mol. The number of benzene rings is 1. The third-order valence-corrected chi connectivity index (χ3v) is 4.46. The fourth-order valence-corrected chi connectivity index (χ4v) is 3.18. The number of aromatic nitrogens is 3. The van der Waals surface area contributed by atoms with Crippen molar-refractivity contribution in [2.24, 2.45) is 0 Å². The summed E-state index contributed by atoms with van der Waals surface area (Å²) >= 11 is 0. The van der Waals surface area contributed by atoms with Crippen molar-refractivity contribution in [3.8, 4) is 5.69 Å². The number of ether oxygens (including phenoxy) is 1. The number of aromatic amines is 1. The smallest absolute Gasteiger partial charge is 0.410 e. The van der Waals surface area contributed by atoms with Crippen molar-refractivity contribution in [2.75, 3.05) is 31.1 Å². The summed E-state index contributed by atoms with van der Waals surface area (Å²) in [6.45, 7) is 10.3. The van der Waals surface area contributed by atoms with Crippen molar-refractivity contribution >= 4 is 11.8 Å². The van der Waals surface area contributed by atoms with Gasteiger partial charge < -0.3 is 14.5 Å². The lowest BCUT2D eigenvalue weighted by molar-refractivity contribution is 0.0263. The van der Waals surface area contributed by atoms with Gasteiger partial charge in [-0.15, -0.1) is 0 Å². The predicted octanol–water partition coefficient (Wildman–Crippen LogP) is 2.32. The Morgan fingerprint density at radius 1 is 1.07 bits per heavy atom. The van der Waals surface area contributed by atoms with Gasteiger partial charge in [0.25, 0.3) is 0 Å². The lowest BCUT2D eigenvalue weighted by atomic mass is 10.2. The number of amides is 1. The molecule has 1 aromatic carbocycles. The molecule has 0 radical (unpaired) electrons. The number of rotatable bonds is 2. The van der Waals surface area contributed by atoms with Crippen LogP contribution in [0.3, 0.4) is 0 Å². The summed E-state index contributed by atoms with van der Waals surface area (Å²) in [5, 5.41) is 6.38. The second-order valence-electron chi connectivity index (χ2n) is 7.74. The lowest BCUT2D eigenvalue weighted by Crippen LogP contribution is -2.39. The molecule has 1 aromatic heterocycles. The molecule has 0 saturated carbocycles. The standard InChI is InChI=1S/C19H27N5O3/c1-14-20-21-17(25)24(14)16-8-6-15(7-9-16)22-10-5-11-23(13-12-22)18(26)27-19(2,3)4/h6-9H,5,10-13H2,1-4H3,(H,21,25). The quantitative estimate of drug-likeness (QED) is 0.873. The maximum atomic E-state index is 12.3. The van der Waals surface area contributed by atoms with Crippen molar-refractivity contribution in [3.05, 3.63) is 40.6 Å². The SMILES string of the molecule is Cc1n[nH]c(=O)n1-c1ccc(N2CCCN(C(=O)OC(C)(C)C)CC2)cc1. The number of hydrogen-bond donors (Lipinski definition) is 1. The largest absolute Gasteiger partial charge is 0.444 e. The summed E-state index contributed by atoms with van der Waals surface area (Å²) in [5.74, 6) is 0.621. The van der Waals surface area contributed by atoms with E-state index >= 15 is 0 Å². The molecule has 1 aliphatic rings. The highest BCUT2D eigenvalue weighted by Gasteiger charge is 2.24. The zero-order valence-corrected chi connectivity index (χ0v) is 16.4. The van der Waals surface area contributed by atoms with Gasteiger partial charge in [0.15, 0.2) is 0 Å². The Bertz CT molecular complexity index is 847. The first-order valence-corrected chi connectivity index (χ1v) is 9.22. The highest BCUT2D eigenvalue weighted by molar-refractivity contribution is 5.68. The highest BCUT2D eigenvalue weighted by Crippen LogP contribution is 2.20. The normalized spacial score (nSPS) is 15.6. The molecule has 1 aliphatic heterocycles. The molecule has 0 unspecified atom stereocenters. The van der Waals surface area contributed by atoms with E-state index in [1.807, 2.05) is 45.0 Å². The first kappa shape index (κ1) is 19.0. The van der Waals surface area contributed by atoms with Gasteiger partial charge in [-0.25, -0.2) is 19.3 Å². The van der Waals surface area contributed by atoms with Crippen LogP contribution in [0.5, 0.6) is 0 Å². The van der Waals surface area contributed by atoms with Crippen molar-refractivity contribution in [1.82, 2.24) is 19.7 Å². The number of carbonyl (C=O) groups excluding carboxylic acids is 1. The first-order chi connectivity index (χ1) is 12.7. The minimum Gasteiger partial charge on any atom is -0.444 e.